The van der Waals surface area contributed by atoms with Crippen molar-refractivity contribution >= 4 is 34.5 Å². The van der Waals surface area contributed by atoms with Gasteiger partial charge in [0.15, 0.2) is 5.92 Å². The van der Waals surface area contributed by atoms with Crippen LogP contribution in [0.2, 0.25) is 0 Å². The van der Waals surface area contributed by atoms with Gasteiger partial charge in [-0.15, -0.1) is 0 Å². The number of carbonyl (C=O) groups is 2. The summed E-state index contributed by atoms with van der Waals surface area (Å²) in [6.45, 7) is 2.57. The molecule has 1 amide bonds. The predicted molar refractivity (Wildman–Crippen MR) is 120 cm³/mol. The van der Waals surface area contributed by atoms with Gasteiger partial charge in [-0.1, -0.05) is 24.3 Å². The highest BCUT2D eigenvalue weighted by molar-refractivity contribution is 6.08. The van der Waals surface area contributed by atoms with E-state index in [2.05, 4.69) is 0 Å². The van der Waals surface area contributed by atoms with Gasteiger partial charge in [-0.05, 0) is 31.0 Å². The molecular formula is C23H24N4O6. The largest absolute Gasteiger partial charge is 0.465 e. The zero-order valence-electron chi connectivity index (χ0n) is 18.3. The molecule has 0 unspecified atom stereocenters. The van der Waals surface area contributed by atoms with Crippen LogP contribution in [0.5, 0.6) is 0 Å². The van der Waals surface area contributed by atoms with Gasteiger partial charge in [0.2, 0.25) is 11.9 Å². The molecule has 0 bridgehead atoms. The number of hydrogen-bond donors (Lipinski definition) is 0. The van der Waals surface area contributed by atoms with Crippen LogP contribution in [-0.4, -0.2) is 53.2 Å². The molecule has 1 aliphatic heterocycles. The van der Waals surface area contributed by atoms with E-state index in [9.17, 15) is 19.7 Å². The molecule has 0 saturated carbocycles. The number of nitro benzene ring substituents is 1. The van der Waals surface area contributed by atoms with Crippen LogP contribution in [0.15, 0.2) is 48.5 Å². The molecule has 0 radical (unpaired) electrons. The molecule has 10 nitrogen and oxygen atoms in total. The van der Waals surface area contributed by atoms with Crippen molar-refractivity contribution in [1.29, 1.82) is 0 Å². The molecule has 3 aromatic rings. The van der Waals surface area contributed by atoms with Gasteiger partial charge in [0.1, 0.15) is 0 Å². The molecule has 1 aromatic heterocycles. The first kappa shape index (κ1) is 22.4. The summed E-state index contributed by atoms with van der Waals surface area (Å²) in [4.78, 5) is 43.6. The van der Waals surface area contributed by atoms with Crippen molar-refractivity contribution in [2.75, 3.05) is 31.8 Å². The van der Waals surface area contributed by atoms with Crippen molar-refractivity contribution in [3.05, 3.63) is 64.2 Å². The Bertz CT molecular complexity index is 1190. The molecule has 0 fully saturated rings. The van der Waals surface area contributed by atoms with E-state index in [-0.39, 0.29) is 12.3 Å². The molecule has 0 spiro atoms. The molecule has 0 saturated heterocycles. The molecule has 33 heavy (non-hydrogen) atoms. The molecule has 172 valence electrons. The van der Waals surface area contributed by atoms with Crippen LogP contribution in [0.1, 0.15) is 24.9 Å². The summed E-state index contributed by atoms with van der Waals surface area (Å²) < 4.78 is 12.3. The van der Waals surface area contributed by atoms with Crippen molar-refractivity contribution in [2.45, 2.75) is 19.4 Å². The van der Waals surface area contributed by atoms with Crippen LogP contribution < -0.4 is 4.90 Å². The quantitative estimate of drug-likeness (QED) is 0.169. The van der Waals surface area contributed by atoms with Gasteiger partial charge < -0.3 is 14.0 Å². The van der Waals surface area contributed by atoms with Gasteiger partial charge >= 0.3 is 5.97 Å². The normalized spacial score (nSPS) is 17.8. The van der Waals surface area contributed by atoms with Crippen LogP contribution in [0.3, 0.4) is 0 Å². The number of carbonyl (C=O) groups excluding carboxylic acids is 2. The van der Waals surface area contributed by atoms with Crippen molar-refractivity contribution in [3.63, 3.8) is 0 Å². The highest BCUT2D eigenvalue weighted by Gasteiger charge is 2.47. The maximum atomic E-state index is 13.7. The molecule has 4 rings (SSSR count). The first-order chi connectivity index (χ1) is 16.0. The Morgan fingerprint density at radius 1 is 1.18 bits per heavy atom. The van der Waals surface area contributed by atoms with Crippen LogP contribution >= 0.6 is 0 Å². The third-order valence-corrected chi connectivity index (χ3v) is 5.66. The Labute approximate surface area is 189 Å². The minimum absolute atomic E-state index is 0.0783. The van der Waals surface area contributed by atoms with Crippen LogP contribution in [-0.2, 0) is 19.1 Å². The summed E-state index contributed by atoms with van der Waals surface area (Å²) in [7, 11) is 1.58. The van der Waals surface area contributed by atoms with Crippen LogP contribution in [0.4, 0.5) is 11.6 Å². The lowest BCUT2D eigenvalue weighted by Crippen LogP contribution is -2.50. The van der Waals surface area contributed by atoms with Gasteiger partial charge in [0.25, 0.3) is 5.69 Å². The third kappa shape index (κ3) is 4.05. The number of anilines is 1. The molecule has 2 heterocycles. The fraction of sp³-hybridized carbons (Fsp3) is 0.348. The molecule has 1 aliphatic rings. The number of amides is 1. The Morgan fingerprint density at radius 3 is 2.58 bits per heavy atom. The Morgan fingerprint density at radius 2 is 1.91 bits per heavy atom. The van der Waals surface area contributed by atoms with Crippen molar-refractivity contribution in [3.8, 4) is 0 Å². The summed E-state index contributed by atoms with van der Waals surface area (Å²) in [6, 6.07) is 12.5. The average Bonchev–Trinajstić information content (AvgIpc) is 3.19. The summed E-state index contributed by atoms with van der Waals surface area (Å²) in [5.74, 6) is -1.82. The maximum Gasteiger partial charge on any atom is 0.321 e. The van der Waals surface area contributed by atoms with E-state index in [0.717, 1.165) is 5.52 Å². The number of fused-ring (bicyclic) bond motifs is 3. The van der Waals surface area contributed by atoms with Crippen molar-refractivity contribution in [1.82, 2.24) is 9.55 Å². The lowest BCUT2D eigenvalue weighted by atomic mass is 9.89. The summed E-state index contributed by atoms with van der Waals surface area (Å²) in [6.07, 6.45) is 0.559. The Balaban J connectivity index is 1.92. The molecule has 0 aliphatic carbocycles. The van der Waals surface area contributed by atoms with Crippen molar-refractivity contribution < 1.29 is 24.0 Å². The number of rotatable bonds is 8. The lowest BCUT2D eigenvalue weighted by molar-refractivity contribution is -0.384. The molecule has 2 atom stereocenters. The zero-order chi connectivity index (χ0) is 23.5. The number of hydrogen-bond acceptors (Lipinski definition) is 7. The zero-order valence-corrected chi connectivity index (χ0v) is 18.3. The van der Waals surface area contributed by atoms with E-state index in [0.29, 0.717) is 36.6 Å². The number of imidazole rings is 1. The van der Waals surface area contributed by atoms with Crippen molar-refractivity contribution in [2.24, 2.45) is 5.92 Å². The minimum Gasteiger partial charge on any atom is -0.465 e. The maximum absolute atomic E-state index is 13.7. The smallest absolute Gasteiger partial charge is 0.321 e. The fourth-order valence-electron chi connectivity index (χ4n) is 4.22. The average molecular weight is 452 g/mol. The number of benzene rings is 2. The monoisotopic (exact) mass is 452 g/mol. The van der Waals surface area contributed by atoms with E-state index in [1.807, 2.05) is 28.8 Å². The number of methoxy groups -OCH3 is 1. The number of esters is 1. The predicted octanol–water partition coefficient (Wildman–Crippen LogP) is 3.10. The summed E-state index contributed by atoms with van der Waals surface area (Å²) in [5, 5.41) is 11.1. The highest BCUT2D eigenvalue weighted by Crippen LogP contribution is 2.41. The number of non-ortho nitro benzene ring substituents is 1. The second-order valence-electron chi connectivity index (χ2n) is 7.63. The van der Waals surface area contributed by atoms with Gasteiger partial charge in [0, 0.05) is 32.4 Å². The first-order valence-electron chi connectivity index (χ1n) is 10.7. The SMILES string of the molecule is CCOC(=O)[C@@H]1C(=O)N(CCCOC)c2nc3ccccc3n2[C@@H]1c1ccc([N+](=O)[O-])cc1. The molecule has 0 N–H and O–H groups in total. The van der Waals surface area contributed by atoms with E-state index in [1.165, 1.54) is 17.0 Å². The number of ether oxygens (including phenoxy) is 2. The lowest BCUT2D eigenvalue weighted by Gasteiger charge is -2.37. The highest BCUT2D eigenvalue weighted by atomic mass is 16.6. The van der Waals surface area contributed by atoms with E-state index in [1.54, 1.807) is 26.2 Å². The molecule has 10 heteroatoms. The number of aromatic nitrogens is 2. The number of para-hydroxylation sites is 2. The standard InChI is InChI=1S/C23H24N4O6/c1-3-33-22(29)19-20(15-9-11-16(12-10-15)27(30)31)26-18-8-5-4-7-17(18)24-23(26)25(21(19)28)13-6-14-32-2/h4-5,7-12,19-20H,3,6,13-14H2,1-2H3/t19-,20+/m0/s1. The topological polar surface area (TPSA) is 117 Å². The summed E-state index contributed by atoms with van der Waals surface area (Å²) >= 11 is 0. The Kier molecular flexibility index (Phi) is 6.36. The second kappa shape index (κ2) is 9.37. The second-order valence-corrected chi connectivity index (χ2v) is 7.63. The van der Waals surface area contributed by atoms with Crippen LogP contribution in [0, 0.1) is 16.0 Å². The number of nitro groups is 1. The fourth-order valence-corrected chi connectivity index (χ4v) is 4.22. The van der Waals surface area contributed by atoms with Gasteiger partial charge in [-0.3, -0.25) is 24.6 Å². The minimum atomic E-state index is -1.17. The Hall–Kier alpha value is -3.79. The number of nitrogens with zero attached hydrogens (tertiary/aromatic N) is 4. The van der Waals surface area contributed by atoms with E-state index in [4.69, 9.17) is 14.5 Å². The van der Waals surface area contributed by atoms with Crippen LogP contribution in [0.25, 0.3) is 11.0 Å². The van der Waals surface area contributed by atoms with Gasteiger partial charge in [-0.25, -0.2) is 4.98 Å². The third-order valence-electron chi connectivity index (χ3n) is 5.66. The summed E-state index contributed by atoms with van der Waals surface area (Å²) in [5.41, 5.74) is 1.92. The van der Waals surface area contributed by atoms with Gasteiger partial charge in [0.05, 0.1) is 28.6 Å². The van der Waals surface area contributed by atoms with E-state index < -0.39 is 28.8 Å². The van der Waals surface area contributed by atoms with E-state index >= 15 is 0 Å². The molecule has 2 aromatic carbocycles. The molecular weight excluding hydrogens is 428 g/mol. The van der Waals surface area contributed by atoms with Gasteiger partial charge in [-0.2, -0.15) is 0 Å². The first-order valence-corrected chi connectivity index (χ1v) is 10.7.